The molecule has 0 spiro atoms. The maximum Gasteiger partial charge on any atom is 0.230 e. The van der Waals surface area contributed by atoms with Crippen molar-refractivity contribution in [3.63, 3.8) is 0 Å². The van der Waals surface area contributed by atoms with Crippen LogP contribution in [0.2, 0.25) is 5.15 Å². The summed E-state index contributed by atoms with van der Waals surface area (Å²) >= 11 is 7.46. The van der Waals surface area contributed by atoms with Crippen molar-refractivity contribution in [2.75, 3.05) is 12.3 Å². The molecule has 0 saturated carbocycles. The number of halogens is 1. The van der Waals surface area contributed by atoms with Crippen LogP contribution in [0.15, 0.2) is 18.3 Å². The van der Waals surface area contributed by atoms with E-state index in [1.807, 2.05) is 12.1 Å². The molecule has 2 rings (SSSR count). The predicted molar refractivity (Wildman–Crippen MR) is 84.3 cm³/mol. The molecule has 1 atom stereocenters. The highest BCUT2D eigenvalue weighted by molar-refractivity contribution is 7.98. The van der Waals surface area contributed by atoms with Crippen LogP contribution in [0.1, 0.15) is 18.4 Å². The number of imide groups is 1. The van der Waals surface area contributed by atoms with Gasteiger partial charge in [0.05, 0.1) is 5.92 Å². The SMILES string of the molecule is O=C(CC1CC(=O)NC1=O)NCCSCc1ccnc(Cl)c1. The van der Waals surface area contributed by atoms with Crippen molar-refractivity contribution >= 4 is 41.1 Å². The van der Waals surface area contributed by atoms with Crippen molar-refractivity contribution in [2.45, 2.75) is 18.6 Å². The van der Waals surface area contributed by atoms with Crippen molar-refractivity contribution < 1.29 is 14.4 Å². The van der Waals surface area contributed by atoms with Crippen LogP contribution in [0.3, 0.4) is 0 Å². The predicted octanol–water partition coefficient (Wildman–Crippen LogP) is 1.14. The van der Waals surface area contributed by atoms with Gasteiger partial charge >= 0.3 is 0 Å². The Morgan fingerprint density at radius 1 is 1.50 bits per heavy atom. The van der Waals surface area contributed by atoms with Crippen LogP contribution in [-0.4, -0.2) is 35.0 Å². The molecule has 0 aromatic carbocycles. The van der Waals surface area contributed by atoms with Gasteiger partial charge in [-0.2, -0.15) is 11.8 Å². The lowest BCUT2D eigenvalue weighted by atomic mass is 10.0. The van der Waals surface area contributed by atoms with Gasteiger partial charge < -0.3 is 5.32 Å². The first-order valence-corrected chi connectivity index (χ1v) is 8.36. The summed E-state index contributed by atoms with van der Waals surface area (Å²) in [5, 5.41) is 5.41. The number of nitrogens with one attached hydrogen (secondary N) is 2. The molecular formula is C14H16ClN3O3S. The average Bonchev–Trinajstić information content (AvgIpc) is 2.76. The Morgan fingerprint density at radius 3 is 3.00 bits per heavy atom. The third-order valence-electron chi connectivity index (χ3n) is 3.13. The summed E-state index contributed by atoms with van der Waals surface area (Å²) in [6, 6.07) is 3.70. The summed E-state index contributed by atoms with van der Waals surface area (Å²) in [6.45, 7) is 0.518. The highest BCUT2D eigenvalue weighted by Gasteiger charge is 2.31. The third kappa shape index (κ3) is 5.31. The molecule has 1 saturated heterocycles. The van der Waals surface area contributed by atoms with Gasteiger partial charge in [0.1, 0.15) is 5.15 Å². The number of carbonyl (C=O) groups is 3. The van der Waals surface area contributed by atoms with Crippen LogP contribution in [0.25, 0.3) is 0 Å². The molecule has 2 N–H and O–H groups in total. The van der Waals surface area contributed by atoms with Crippen LogP contribution in [0.4, 0.5) is 0 Å². The highest BCUT2D eigenvalue weighted by Crippen LogP contribution is 2.15. The van der Waals surface area contributed by atoms with Gasteiger partial charge in [-0.1, -0.05) is 11.6 Å². The number of aromatic nitrogens is 1. The fourth-order valence-electron chi connectivity index (χ4n) is 2.05. The Hall–Kier alpha value is -1.60. The van der Waals surface area contributed by atoms with E-state index in [2.05, 4.69) is 15.6 Å². The van der Waals surface area contributed by atoms with Crippen molar-refractivity contribution in [3.05, 3.63) is 29.0 Å². The summed E-state index contributed by atoms with van der Waals surface area (Å²) in [5.41, 5.74) is 1.08. The number of carbonyl (C=O) groups excluding carboxylic acids is 3. The van der Waals surface area contributed by atoms with Crippen LogP contribution < -0.4 is 10.6 Å². The Balaban J connectivity index is 1.59. The number of hydrogen-bond donors (Lipinski definition) is 2. The number of amides is 3. The van der Waals surface area contributed by atoms with Crippen molar-refractivity contribution in [2.24, 2.45) is 5.92 Å². The van der Waals surface area contributed by atoms with E-state index >= 15 is 0 Å². The van der Waals surface area contributed by atoms with Crippen LogP contribution in [-0.2, 0) is 20.1 Å². The van der Waals surface area contributed by atoms with E-state index < -0.39 is 5.92 Å². The molecule has 0 bridgehead atoms. The van der Waals surface area contributed by atoms with Crippen molar-refractivity contribution in [3.8, 4) is 0 Å². The van der Waals surface area contributed by atoms with E-state index in [-0.39, 0.29) is 30.6 Å². The van der Waals surface area contributed by atoms with Crippen molar-refractivity contribution in [1.29, 1.82) is 0 Å². The molecule has 8 heteroatoms. The van der Waals surface area contributed by atoms with Gasteiger partial charge in [-0.15, -0.1) is 0 Å². The van der Waals surface area contributed by atoms with Gasteiger partial charge in [-0.3, -0.25) is 19.7 Å². The molecule has 1 fully saturated rings. The van der Waals surface area contributed by atoms with Gasteiger partial charge in [0.15, 0.2) is 0 Å². The Morgan fingerprint density at radius 2 is 2.32 bits per heavy atom. The lowest BCUT2D eigenvalue weighted by Crippen LogP contribution is -2.30. The zero-order chi connectivity index (χ0) is 15.9. The van der Waals surface area contributed by atoms with Gasteiger partial charge in [0.2, 0.25) is 17.7 Å². The minimum absolute atomic E-state index is 0.0577. The standard InChI is InChI=1S/C14H16ClN3O3S/c15-11-5-9(1-2-16-11)8-22-4-3-17-12(19)6-10-7-13(20)18-14(10)21/h1-2,5,10H,3-4,6-8H2,(H,17,19)(H,18,20,21). The van der Waals surface area contributed by atoms with Crippen LogP contribution >= 0.6 is 23.4 Å². The minimum Gasteiger partial charge on any atom is -0.355 e. The Bertz CT molecular complexity index is 582. The second-order valence-electron chi connectivity index (χ2n) is 4.91. The molecule has 1 aromatic heterocycles. The fourth-order valence-corrected chi connectivity index (χ4v) is 3.06. The second-order valence-corrected chi connectivity index (χ2v) is 6.40. The van der Waals surface area contributed by atoms with Gasteiger partial charge in [0.25, 0.3) is 0 Å². The maximum absolute atomic E-state index is 11.7. The van der Waals surface area contributed by atoms with Crippen molar-refractivity contribution in [1.82, 2.24) is 15.6 Å². The van der Waals surface area contributed by atoms with E-state index in [9.17, 15) is 14.4 Å². The Labute approximate surface area is 137 Å². The summed E-state index contributed by atoms with van der Waals surface area (Å²) in [6.07, 6.45) is 1.82. The quantitative estimate of drug-likeness (QED) is 0.441. The van der Waals surface area contributed by atoms with E-state index in [0.717, 1.165) is 17.1 Å². The number of hydrogen-bond acceptors (Lipinski definition) is 5. The maximum atomic E-state index is 11.7. The fraction of sp³-hybridized carbons (Fsp3) is 0.429. The summed E-state index contributed by atoms with van der Waals surface area (Å²) < 4.78 is 0. The molecular weight excluding hydrogens is 326 g/mol. The topological polar surface area (TPSA) is 88.2 Å². The molecule has 1 aromatic rings. The van der Waals surface area contributed by atoms with Gasteiger partial charge in [-0.25, -0.2) is 4.98 Å². The normalized spacial score (nSPS) is 17.4. The second kappa shape index (κ2) is 8.14. The molecule has 2 heterocycles. The molecule has 6 nitrogen and oxygen atoms in total. The Kier molecular flexibility index (Phi) is 6.21. The number of thioether (sulfide) groups is 1. The molecule has 22 heavy (non-hydrogen) atoms. The monoisotopic (exact) mass is 341 g/mol. The number of nitrogens with zero attached hydrogens (tertiary/aromatic N) is 1. The minimum atomic E-state index is -0.529. The summed E-state index contributed by atoms with van der Waals surface area (Å²) in [5.74, 6) is 0.138. The van der Waals surface area contributed by atoms with E-state index in [1.54, 1.807) is 18.0 Å². The average molecular weight is 342 g/mol. The van der Waals surface area contributed by atoms with E-state index in [0.29, 0.717) is 11.7 Å². The molecule has 3 amide bonds. The molecule has 1 aliphatic heterocycles. The molecule has 1 aliphatic rings. The molecule has 0 radical (unpaired) electrons. The summed E-state index contributed by atoms with van der Waals surface area (Å²) in [4.78, 5) is 38.0. The van der Waals surface area contributed by atoms with Gasteiger partial charge in [-0.05, 0) is 17.7 Å². The first kappa shape index (κ1) is 16.8. The van der Waals surface area contributed by atoms with Crippen LogP contribution in [0, 0.1) is 5.92 Å². The summed E-state index contributed by atoms with van der Waals surface area (Å²) in [7, 11) is 0. The molecule has 1 unspecified atom stereocenters. The number of pyridine rings is 1. The number of rotatable bonds is 7. The third-order valence-corrected chi connectivity index (χ3v) is 4.36. The largest absolute Gasteiger partial charge is 0.355 e. The molecule has 118 valence electrons. The lowest BCUT2D eigenvalue weighted by molar-refractivity contribution is -0.129. The first-order valence-electron chi connectivity index (χ1n) is 6.83. The van der Waals surface area contributed by atoms with Crippen LogP contribution in [0.5, 0.6) is 0 Å². The van der Waals surface area contributed by atoms with E-state index in [1.165, 1.54) is 0 Å². The first-order chi connectivity index (χ1) is 10.5. The zero-order valence-electron chi connectivity index (χ0n) is 11.8. The highest BCUT2D eigenvalue weighted by atomic mass is 35.5. The molecule has 0 aliphatic carbocycles. The lowest BCUT2D eigenvalue weighted by Gasteiger charge is -2.07. The van der Waals surface area contributed by atoms with E-state index in [4.69, 9.17) is 11.6 Å². The smallest absolute Gasteiger partial charge is 0.230 e. The van der Waals surface area contributed by atoms with Gasteiger partial charge in [0, 0.05) is 37.1 Å². The zero-order valence-corrected chi connectivity index (χ0v) is 13.4.